The van der Waals surface area contributed by atoms with Gasteiger partial charge in [-0.3, -0.25) is 4.48 Å². The molecule has 0 aliphatic heterocycles. The summed E-state index contributed by atoms with van der Waals surface area (Å²) in [5, 5.41) is 0. The van der Waals surface area contributed by atoms with Crippen LogP contribution in [0.1, 0.15) is 11.1 Å². The molecule has 0 saturated heterocycles. The fourth-order valence-corrected chi connectivity index (χ4v) is 1.53. The Morgan fingerprint density at radius 2 is 1.11 bits per heavy atom. The van der Waals surface area contributed by atoms with Crippen molar-refractivity contribution in [2.45, 2.75) is 19.4 Å². The van der Waals surface area contributed by atoms with Crippen LogP contribution in [0.4, 0.5) is 23.2 Å². The number of aryl methyl sites for hydroxylation is 2. The zero-order valence-corrected chi connectivity index (χ0v) is 16.5. The zero-order chi connectivity index (χ0) is 21.5. The van der Waals surface area contributed by atoms with Gasteiger partial charge >= 0.3 is 5.51 Å². The number of alkyl halides is 3. The highest BCUT2D eigenvalue weighted by atomic mass is 32.2. The van der Waals surface area contributed by atoms with Crippen LogP contribution >= 0.6 is 0 Å². The monoisotopic (exact) mass is 408 g/mol. The first-order valence-electron chi connectivity index (χ1n) is 7.67. The second-order valence-electron chi connectivity index (χ2n) is 6.54. The molecule has 0 spiro atoms. The van der Waals surface area contributed by atoms with Crippen LogP contribution < -0.4 is 4.48 Å². The SMILES string of the molecule is Cc1ccc([18F])cc1.Cc1ccc([N+](C)(C)C)cc1.O=S(=O)([O-])C(F)(F)F. The summed E-state index contributed by atoms with van der Waals surface area (Å²) in [6, 6.07) is 15.1. The Balaban J connectivity index is 0.000000384. The average Bonchev–Trinajstić information content (AvgIpc) is 2.49. The van der Waals surface area contributed by atoms with Gasteiger partial charge in [-0.25, -0.2) is 12.8 Å². The fraction of sp³-hybridized carbons (Fsp3) is 0.333. The molecule has 0 fully saturated rings. The molecule has 2 rings (SSSR count). The van der Waals surface area contributed by atoms with Crippen molar-refractivity contribution < 1.29 is 30.5 Å². The topological polar surface area (TPSA) is 57.2 Å². The number of hydrogen-bond acceptors (Lipinski definition) is 3. The first kappa shape index (κ1) is 25.0. The van der Waals surface area contributed by atoms with E-state index in [4.69, 9.17) is 13.0 Å². The lowest BCUT2D eigenvalue weighted by Gasteiger charge is -2.23. The van der Waals surface area contributed by atoms with Crippen LogP contribution in [0.3, 0.4) is 0 Å². The highest BCUT2D eigenvalue weighted by Gasteiger charge is 2.36. The molecule has 0 aromatic heterocycles. The van der Waals surface area contributed by atoms with Gasteiger partial charge in [0.05, 0.1) is 21.1 Å². The molecule has 0 N–H and O–H groups in total. The smallest absolute Gasteiger partial charge is 0.485 e. The maximum Gasteiger partial charge on any atom is 0.485 e. The van der Waals surface area contributed by atoms with E-state index in [1.54, 1.807) is 12.1 Å². The molecular weight excluding hydrogens is 385 g/mol. The van der Waals surface area contributed by atoms with Crippen LogP contribution in [0.5, 0.6) is 0 Å². The van der Waals surface area contributed by atoms with Crippen LogP contribution in [0, 0.1) is 19.7 Å². The molecule has 152 valence electrons. The summed E-state index contributed by atoms with van der Waals surface area (Å²) in [4.78, 5) is 0. The van der Waals surface area contributed by atoms with Gasteiger partial charge in [0.1, 0.15) is 11.5 Å². The molecule has 0 heterocycles. The number of nitrogens with zero attached hydrogens (tertiary/aromatic N) is 1. The van der Waals surface area contributed by atoms with Crippen LogP contribution in [-0.2, 0) is 10.1 Å². The Labute approximate surface area is 157 Å². The minimum Gasteiger partial charge on any atom is -0.741 e. The quantitative estimate of drug-likeness (QED) is 0.305. The Bertz CT molecular complexity index is 773. The largest absolute Gasteiger partial charge is 0.741 e. The number of rotatable bonds is 1. The maximum absolute atomic E-state index is 12.1. The van der Waals surface area contributed by atoms with Gasteiger partial charge in [0.25, 0.3) is 0 Å². The van der Waals surface area contributed by atoms with E-state index in [0.29, 0.717) is 0 Å². The highest BCUT2D eigenvalue weighted by Crippen LogP contribution is 2.20. The van der Waals surface area contributed by atoms with E-state index < -0.39 is 15.6 Å². The molecule has 0 bridgehead atoms. The summed E-state index contributed by atoms with van der Waals surface area (Å²) in [7, 11) is 0.424. The van der Waals surface area contributed by atoms with Gasteiger partial charge in [0.15, 0.2) is 10.1 Å². The van der Waals surface area contributed by atoms with Crippen molar-refractivity contribution in [2.24, 2.45) is 0 Å². The van der Waals surface area contributed by atoms with E-state index in [9.17, 15) is 17.6 Å². The zero-order valence-electron chi connectivity index (χ0n) is 15.7. The Hall–Kier alpha value is -1.97. The standard InChI is InChI=1S/C10H16N.C7H7F.CHF3O3S/c1-9-5-7-10(8-6-9)11(2,3)4;1-6-2-4-7(8)5-3-6;2-1(3,4)8(5,6)7/h5-8H,1-4H3;2-5H,1H3;(H,5,6,7)/q+1;;/p-1/i;8-1;. The summed E-state index contributed by atoms with van der Waals surface area (Å²) in [6.07, 6.45) is 0. The molecular formula is C18H23F4NO3S. The summed E-state index contributed by atoms with van der Waals surface area (Å²) >= 11 is 0. The van der Waals surface area contributed by atoms with Gasteiger partial charge in [-0.1, -0.05) is 35.4 Å². The van der Waals surface area contributed by atoms with Crippen molar-refractivity contribution in [1.82, 2.24) is 4.48 Å². The van der Waals surface area contributed by atoms with Gasteiger partial charge in [-0.2, -0.15) is 13.2 Å². The van der Waals surface area contributed by atoms with Gasteiger partial charge in [-0.15, -0.1) is 0 Å². The van der Waals surface area contributed by atoms with E-state index in [2.05, 4.69) is 52.3 Å². The van der Waals surface area contributed by atoms with Gasteiger partial charge in [-0.05, 0) is 38.1 Å². The van der Waals surface area contributed by atoms with Crippen LogP contribution in [0.2, 0.25) is 0 Å². The molecule has 0 radical (unpaired) electrons. The lowest BCUT2D eigenvalue weighted by atomic mass is 10.2. The Morgan fingerprint density at radius 3 is 1.33 bits per heavy atom. The van der Waals surface area contributed by atoms with E-state index in [1.165, 1.54) is 23.4 Å². The summed E-state index contributed by atoms with van der Waals surface area (Å²) in [6.45, 7) is 4.04. The number of hydrogen-bond donors (Lipinski definition) is 0. The van der Waals surface area contributed by atoms with Crippen LogP contribution in [-0.4, -0.2) is 39.6 Å². The minimum absolute atomic E-state index is 0.171. The predicted molar refractivity (Wildman–Crippen MR) is 97.6 cm³/mol. The van der Waals surface area contributed by atoms with Gasteiger partial charge in [0, 0.05) is 0 Å². The van der Waals surface area contributed by atoms with E-state index in [1.807, 2.05) is 6.92 Å². The number of halogens is 4. The first-order valence-corrected chi connectivity index (χ1v) is 9.08. The molecule has 0 amide bonds. The third kappa shape index (κ3) is 10.7. The molecule has 0 aliphatic carbocycles. The summed E-state index contributed by atoms with van der Waals surface area (Å²) < 4.78 is 71.9. The molecule has 0 unspecified atom stereocenters. The molecule has 27 heavy (non-hydrogen) atoms. The lowest BCUT2D eigenvalue weighted by Crippen LogP contribution is -2.34. The Kier molecular flexibility index (Phi) is 9.10. The van der Waals surface area contributed by atoms with Gasteiger partial charge < -0.3 is 4.55 Å². The van der Waals surface area contributed by atoms with Crippen molar-refractivity contribution >= 4 is 15.8 Å². The van der Waals surface area contributed by atoms with Crippen molar-refractivity contribution in [1.29, 1.82) is 0 Å². The van der Waals surface area contributed by atoms with Crippen LogP contribution in [0.25, 0.3) is 0 Å². The second-order valence-corrected chi connectivity index (χ2v) is 7.91. The maximum atomic E-state index is 12.1. The summed E-state index contributed by atoms with van der Waals surface area (Å²) in [5.41, 5.74) is -1.89. The van der Waals surface area contributed by atoms with Crippen molar-refractivity contribution in [3.63, 3.8) is 0 Å². The molecule has 0 saturated carbocycles. The predicted octanol–water partition coefficient (Wildman–Crippen LogP) is 4.38. The third-order valence-electron chi connectivity index (χ3n) is 3.10. The number of quaternary nitrogens is 1. The third-order valence-corrected chi connectivity index (χ3v) is 3.67. The second kappa shape index (κ2) is 9.82. The van der Waals surface area contributed by atoms with Crippen molar-refractivity contribution in [2.75, 3.05) is 21.1 Å². The molecule has 0 atom stereocenters. The fourth-order valence-electron chi connectivity index (χ4n) is 1.53. The number of benzene rings is 2. The van der Waals surface area contributed by atoms with E-state index >= 15 is 0 Å². The van der Waals surface area contributed by atoms with Crippen LogP contribution in [0.15, 0.2) is 48.5 Å². The normalized spacial score (nSPS) is 11.6. The van der Waals surface area contributed by atoms with Crippen molar-refractivity contribution in [3.8, 4) is 0 Å². The van der Waals surface area contributed by atoms with Crippen molar-refractivity contribution in [3.05, 3.63) is 65.5 Å². The molecule has 2 aromatic rings. The van der Waals surface area contributed by atoms with E-state index in [0.717, 1.165) is 10.0 Å². The molecule has 2 aromatic carbocycles. The lowest BCUT2D eigenvalue weighted by molar-refractivity contribution is -0.0517. The molecule has 0 aliphatic rings. The minimum atomic E-state index is -6.09. The Morgan fingerprint density at radius 1 is 0.815 bits per heavy atom. The molecule has 4 nitrogen and oxygen atoms in total. The molecule has 9 heteroatoms. The first-order chi connectivity index (χ1) is 12.0. The highest BCUT2D eigenvalue weighted by molar-refractivity contribution is 7.86. The summed E-state index contributed by atoms with van der Waals surface area (Å²) in [5.74, 6) is -0.171. The average molecular weight is 408 g/mol. The van der Waals surface area contributed by atoms with E-state index in [-0.39, 0.29) is 5.82 Å². The van der Waals surface area contributed by atoms with Gasteiger partial charge in [0.2, 0.25) is 0 Å².